The third-order valence-corrected chi connectivity index (χ3v) is 4.69. The highest BCUT2D eigenvalue weighted by atomic mass is 35.5. The van der Waals surface area contributed by atoms with Crippen LogP contribution >= 0.6 is 12.4 Å². The van der Waals surface area contributed by atoms with Gasteiger partial charge < -0.3 is 5.32 Å². The summed E-state index contributed by atoms with van der Waals surface area (Å²) in [6.07, 6.45) is 1.25. The van der Waals surface area contributed by atoms with Crippen molar-refractivity contribution in [3.05, 3.63) is 71.3 Å². The molecular weight excluding hydrogens is 356 g/mol. The smallest absolute Gasteiger partial charge is 0.123 e. The molecule has 0 radical (unpaired) electrons. The Balaban J connectivity index is 0.00000243. The van der Waals surface area contributed by atoms with Crippen LogP contribution in [0.2, 0.25) is 0 Å². The maximum atomic E-state index is 13.4. The summed E-state index contributed by atoms with van der Waals surface area (Å²) in [5, 5.41) is 12.3. The van der Waals surface area contributed by atoms with Crippen LogP contribution in [0, 0.1) is 23.0 Å². The molecule has 6 heteroatoms. The third-order valence-electron chi connectivity index (χ3n) is 4.69. The first-order chi connectivity index (χ1) is 12.2. The van der Waals surface area contributed by atoms with Crippen LogP contribution in [-0.2, 0) is 0 Å². The Morgan fingerprint density at radius 1 is 1.04 bits per heavy atom. The molecule has 1 aliphatic heterocycles. The van der Waals surface area contributed by atoms with Crippen LogP contribution in [-0.4, -0.2) is 30.6 Å². The Morgan fingerprint density at radius 2 is 1.58 bits per heavy atom. The van der Waals surface area contributed by atoms with Gasteiger partial charge in [-0.05, 0) is 41.8 Å². The van der Waals surface area contributed by atoms with Gasteiger partial charge in [-0.1, -0.05) is 24.3 Å². The van der Waals surface area contributed by atoms with E-state index in [0.29, 0.717) is 6.42 Å². The minimum Gasteiger partial charge on any atom is -0.314 e. The third kappa shape index (κ3) is 4.79. The Morgan fingerprint density at radius 3 is 2.08 bits per heavy atom. The van der Waals surface area contributed by atoms with Crippen LogP contribution < -0.4 is 5.32 Å². The van der Waals surface area contributed by atoms with E-state index in [1.54, 1.807) is 24.3 Å². The van der Waals surface area contributed by atoms with Gasteiger partial charge in [0.1, 0.15) is 11.6 Å². The van der Waals surface area contributed by atoms with Gasteiger partial charge in [0.05, 0.1) is 12.1 Å². The molecule has 0 aliphatic carbocycles. The Hall–Kier alpha value is -2.00. The van der Waals surface area contributed by atoms with Gasteiger partial charge in [-0.15, -0.1) is 12.4 Å². The number of benzene rings is 2. The largest absolute Gasteiger partial charge is 0.314 e. The summed E-state index contributed by atoms with van der Waals surface area (Å²) in [6.45, 7) is 2.47. The normalized spacial score (nSPS) is 17.5. The monoisotopic (exact) mass is 377 g/mol. The first-order valence-corrected chi connectivity index (χ1v) is 8.53. The lowest BCUT2D eigenvalue weighted by atomic mass is 9.93. The molecule has 1 unspecified atom stereocenters. The average molecular weight is 378 g/mol. The zero-order chi connectivity index (χ0) is 17.6. The molecule has 0 amide bonds. The first kappa shape index (κ1) is 20.3. The van der Waals surface area contributed by atoms with Crippen LogP contribution in [0.25, 0.3) is 0 Å². The van der Waals surface area contributed by atoms with Gasteiger partial charge in [0, 0.05) is 32.1 Å². The molecule has 3 nitrogen and oxygen atoms in total. The van der Waals surface area contributed by atoms with Crippen LogP contribution in [0.3, 0.4) is 0 Å². The number of piperazine rings is 1. The fraction of sp³-hybridized carbons (Fsp3) is 0.350. The van der Waals surface area contributed by atoms with Gasteiger partial charge >= 0.3 is 0 Å². The van der Waals surface area contributed by atoms with Crippen molar-refractivity contribution in [3.63, 3.8) is 0 Å². The van der Waals surface area contributed by atoms with Crippen molar-refractivity contribution < 1.29 is 8.78 Å². The van der Waals surface area contributed by atoms with Crippen molar-refractivity contribution in [2.75, 3.05) is 19.6 Å². The van der Waals surface area contributed by atoms with Crippen LogP contribution in [0.15, 0.2) is 48.5 Å². The summed E-state index contributed by atoms with van der Waals surface area (Å²) in [5.74, 6) is -0.550. The zero-order valence-electron chi connectivity index (χ0n) is 14.4. The molecular formula is C20H22ClF2N3. The second-order valence-electron chi connectivity index (χ2n) is 6.30. The molecule has 0 aromatic heterocycles. The first-order valence-electron chi connectivity index (χ1n) is 8.53. The molecule has 26 heavy (non-hydrogen) atoms. The topological polar surface area (TPSA) is 39.1 Å². The second-order valence-corrected chi connectivity index (χ2v) is 6.30. The fourth-order valence-electron chi connectivity index (χ4n) is 3.48. The van der Waals surface area contributed by atoms with Gasteiger partial charge in [0.2, 0.25) is 0 Å². The molecule has 3 rings (SSSR count). The Bertz CT molecular complexity index is 683. The summed E-state index contributed by atoms with van der Waals surface area (Å²) in [7, 11) is 0. The lowest BCUT2D eigenvalue weighted by molar-refractivity contribution is 0.119. The molecule has 1 saturated heterocycles. The number of nitrogens with one attached hydrogen (secondary N) is 1. The van der Waals surface area contributed by atoms with E-state index in [2.05, 4.69) is 16.3 Å². The van der Waals surface area contributed by atoms with Gasteiger partial charge in [-0.2, -0.15) is 5.26 Å². The van der Waals surface area contributed by atoms with E-state index in [9.17, 15) is 8.78 Å². The van der Waals surface area contributed by atoms with Crippen molar-refractivity contribution in [3.8, 4) is 6.07 Å². The molecule has 1 heterocycles. The summed E-state index contributed by atoms with van der Waals surface area (Å²) in [5.41, 5.74) is 1.94. The van der Waals surface area contributed by atoms with E-state index in [0.717, 1.165) is 37.2 Å². The molecule has 138 valence electrons. The number of rotatable bonds is 5. The minimum absolute atomic E-state index is 0. The SMILES string of the molecule is Cl.N#CCCC1CNCCN1C(c1ccc(F)cc1)c1ccc(F)cc1. The fourth-order valence-corrected chi connectivity index (χ4v) is 3.48. The molecule has 0 bridgehead atoms. The maximum absolute atomic E-state index is 13.4. The molecule has 1 atom stereocenters. The number of nitrogens with zero attached hydrogens (tertiary/aromatic N) is 2. The zero-order valence-corrected chi connectivity index (χ0v) is 15.2. The number of nitriles is 1. The van der Waals surface area contributed by atoms with Crippen LogP contribution in [0.1, 0.15) is 30.0 Å². The van der Waals surface area contributed by atoms with E-state index in [-0.39, 0.29) is 36.1 Å². The second kappa shape index (κ2) is 9.63. The highest BCUT2D eigenvalue weighted by Gasteiger charge is 2.30. The van der Waals surface area contributed by atoms with Crippen LogP contribution in [0.5, 0.6) is 0 Å². The highest BCUT2D eigenvalue weighted by Crippen LogP contribution is 2.32. The lowest BCUT2D eigenvalue weighted by Crippen LogP contribution is -2.52. The van der Waals surface area contributed by atoms with Gasteiger partial charge in [-0.25, -0.2) is 8.78 Å². The van der Waals surface area contributed by atoms with Gasteiger partial charge in [0.25, 0.3) is 0 Å². The number of halogens is 3. The Labute approximate surface area is 159 Å². The van der Waals surface area contributed by atoms with E-state index >= 15 is 0 Å². The van der Waals surface area contributed by atoms with E-state index in [1.807, 2.05) is 0 Å². The molecule has 0 saturated carbocycles. The highest BCUT2D eigenvalue weighted by molar-refractivity contribution is 5.85. The molecule has 2 aromatic rings. The Kier molecular flexibility index (Phi) is 7.52. The molecule has 1 fully saturated rings. The van der Waals surface area contributed by atoms with Crippen molar-refractivity contribution >= 4 is 12.4 Å². The van der Waals surface area contributed by atoms with Crippen LogP contribution in [0.4, 0.5) is 8.78 Å². The summed E-state index contributed by atoms with van der Waals surface area (Å²) in [4.78, 5) is 2.34. The van der Waals surface area contributed by atoms with Gasteiger partial charge in [0.15, 0.2) is 0 Å². The standard InChI is InChI=1S/C20H21F2N3.ClH/c21-17-7-3-15(4-8-17)20(16-5-9-18(22)10-6-16)25-13-12-24-14-19(25)2-1-11-23;/h3-10,19-20,24H,1-2,12-14H2;1H. The van der Waals surface area contributed by atoms with Crippen molar-refractivity contribution in [1.29, 1.82) is 5.26 Å². The van der Waals surface area contributed by atoms with E-state index in [1.165, 1.54) is 24.3 Å². The quantitative estimate of drug-likeness (QED) is 0.854. The molecule has 2 aromatic carbocycles. The predicted molar refractivity (Wildman–Crippen MR) is 100 cm³/mol. The van der Waals surface area contributed by atoms with Crippen molar-refractivity contribution in [1.82, 2.24) is 10.2 Å². The van der Waals surface area contributed by atoms with E-state index < -0.39 is 0 Å². The lowest BCUT2D eigenvalue weighted by Gasteiger charge is -2.42. The average Bonchev–Trinajstić information content (AvgIpc) is 2.64. The molecule has 1 N–H and O–H groups in total. The molecule has 0 spiro atoms. The maximum Gasteiger partial charge on any atom is 0.123 e. The number of hydrogen-bond donors (Lipinski definition) is 1. The number of hydrogen-bond acceptors (Lipinski definition) is 3. The molecule has 1 aliphatic rings. The minimum atomic E-state index is -0.275. The predicted octanol–water partition coefficient (Wildman–Crippen LogP) is 4.05. The summed E-state index contributed by atoms with van der Waals surface area (Å²) < 4.78 is 26.8. The summed E-state index contributed by atoms with van der Waals surface area (Å²) >= 11 is 0. The van der Waals surface area contributed by atoms with Crippen molar-refractivity contribution in [2.24, 2.45) is 0 Å². The summed E-state index contributed by atoms with van der Waals surface area (Å²) in [6, 6.07) is 15.3. The van der Waals surface area contributed by atoms with Gasteiger partial charge in [-0.3, -0.25) is 4.90 Å². The van der Waals surface area contributed by atoms with Crippen molar-refractivity contribution in [2.45, 2.75) is 24.9 Å². The van der Waals surface area contributed by atoms with E-state index in [4.69, 9.17) is 5.26 Å².